The van der Waals surface area contributed by atoms with Crippen LogP contribution in [0.2, 0.25) is 0 Å². The molecule has 0 aromatic heterocycles. The van der Waals surface area contributed by atoms with Crippen LogP contribution in [-0.4, -0.2) is 43.7 Å². The van der Waals surface area contributed by atoms with E-state index in [-0.39, 0.29) is 6.54 Å². The lowest BCUT2D eigenvalue weighted by molar-refractivity contribution is 0.0880. The molecule has 1 atom stereocenters. The van der Waals surface area contributed by atoms with E-state index in [9.17, 15) is 8.42 Å². The molecular weight excluding hydrogens is 170 g/mol. The van der Waals surface area contributed by atoms with Crippen molar-refractivity contribution in [2.75, 3.05) is 19.6 Å². The second kappa shape index (κ2) is 3.03. The van der Waals surface area contributed by atoms with E-state index in [2.05, 4.69) is 5.32 Å². The van der Waals surface area contributed by atoms with Crippen molar-refractivity contribution in [3.8, 4) is 0 Å². The van der Waals surface area contributed by atoms with Gasteiger partial charge in [0.25, 0.3) is 10.2 Å². The van der Waals surface area contributed by atoms with Gasteiger partial charge in [0.2, 0.25) is 0 Å². The summed E-state index contributed by atoms with van der Waals surface area (Å²) in [4.78, 5) is 0. The van der Waals surface area contributed by atoms with E-state index in [1.54, 1.807) is 0 Å². The Morgan fingerprint density at radius 2 is 2.27 bits per heavy atom. The number of rotatable bonds is 1. The van der Waals surface area contributed by atoms with Gasteiger partial charge in [0.1, 0.15) is 6.23 Å². The summed E-state index contributed by atoms with van der Waals surface area (Å²) in [6, 6.07) is 0. The van der Waals surface area contributed by atoms with Gasteiger partial charge in [-0.1, -0.05) is 0 Å². The molecule has 6 nitrogen and oxygen atoms in total. The molecule has 1 aliphatic rings. The molecule has 0 amide bonds. The number of nitrogens with two attached hydrogens (primary N) is 1. The molecule has 0 radical (unpaired) electrons. The summed E-state index contributed by atoms with van der Waals surface area (Å²) in [5.41, 5.74) is 0. The molecule has 1 heterocycles. The first-order valence-electron chi connectivity index (χ1n) is 3.19. The zero-order valence-corrected chi connectivity index (χ0v) is 6.71. The predicted octanol–water partition coefficient (Wildman–Crippen LogP) is -2.59. The van der Waals surface area contributed by atoms with Crippen molar-refractivity contribution in [2.24, 2.45) is 5.14 Å². The highest BCUT2D eigenvalue weighted by molar-refractivity contribution is 7.86. The van der Waals surface area contributed by atoms with Gasteiger partial charge in [0.05, 0.1) is 6.54 Å². The van der Waals surface area contributed by atoms with Crippen LogP contribution in [0.3, 0.4) is 0 Å². The lowest BCUT2D eigenvalue weighted by atomic mass is 10.4. The minimum Gasteiger partial charge on any atom is -0.377 e. The van der Waals surface area contributed by atoms with Gasteiger partial charge in [-0.25, -0.2) is 5.14 Å². The summed E-state index contributed by atoms with van der Waals surface area (Å²) in [5, 5.41) is 16.5. The third kappa shape index (κ3) is 2.38. The molecule has 7 heteroatoms. The highest BCUT2D eigenvalue weighted by atomic mass is 32.2. The number of aliphatic hydroxyl groups excluding tert-OH is 1. The van der Waals surface area contributed by atoms with Crippen molar-refractivity contribution in [3.05, 3.63) is 0 Å². The number of nitrogens with one attached hydrogen (secondary N) is 1. The molecule has 0 aliphatic carbocycles. The van der Waals surface area contributed by atoms with Crippen LogP contribution in [0.4, 0.5) is 0 Å². The number of hydrogen-bond donors (Lipinski definition) is 3. The van der Waals surface area contributed by atoms with Crippen molar-refractivity contribution in [1.82, 2.24) is 9.62 Å². The number of β-amino-alcohol motifs (C(OH)–C–C–N with tert-alkyl or cyclic N) is 1. The standard InChI is InChI=1S/C4H11N3O3S/c5-11(9,10)7-2-1-6-4(8)3-7/h4,6,8H,1-3H2,(H2,5,9,10). The van der Waals surface area contributed by atoms with Gasteiger partial charge >= 0.3 is 0 Å². The summed E-state index contributed by atoms with van der Waals surface area (Å²) < 4.78 is 22.4. The highest BCUT2D eigenvalue weighted by Crippen LogP contribution is 1.99. The molecule has 0 aromatic carbocycles. The van der Waals surface area contributed by atoms with Gasteiger partial charge in [0, 0.05) is 13.1 Å². The molecule has 66 valence electrons. The van der Waals surface area contributed by atoms with Crippen LogP contribution < -0.4 is 10.5 Å². The van der Waals surface area contributed by atoms with Gasteiger partial charge in [-0.05, 0) is 0 Å². The topological polar surface area (TPSA) is 95.7 Å². The van der Waals surface area contributed by atoms with Crippen LogP contribution in [0, 0.1) is 0 Å². The summed E-state index contributed by atoms with van der Waals surface area (Å²) >= 11 is 0. The lowest BCUT2D eigenvalue weighted by Crippen LogP contribution is -2.54. The fourth-order valence-electron chi connectivity index (χ4n) is 0.936. The van der Waals surface area contributed by atoms with E-state index in [1.807, 2.05) is 0 Å². The van der Waals surface area contributed by atoms with E-state index in [0.717, 1.165) is 4.31 Å². The maximum atomic E-state index is 10.7. The lowest BCUT2D eigenvalue weighted by Gasteiger charge is -2.28. The first-order chi connectivity index (χ1) is 5.00. The Balaban J connectivity index is 2.60. The summed E-state index contributed by atoms with van der Waals surface area (Å²) in [7, 11) is -3.63. The summed E-state index contributed by atoms with van der Waals surface area (Å²) in [6.07, 6.45) is -0.804. The molecule has 1 saturated heterocycles. The smallest absolute Gasteiger partial charge is 0.277 e. The molecule has 0 bridgehead atoms. The first kappa shape index (κ1) is 8.88. The Hall–Kier alpha value is -0.210. The van der Waals surface area contributed by atoms with Gasteiger partial charge in [-0.2, -0.15) is 12.7 Å². The van der Waals surface area contributed by atoms with Crippen molar-refractivity contribution < 1.29 is 13.5 Å². The van der Waals surface area contributed by atoms with Gasteiger partial charge in [0.15, 0.2) is 0 Å². The van der Waals surface area contributed by atoms with Gasteiger partial charge < -0.3 is 5.11 Å². The molecular formula is C4H11N3O3S. The molecule has 11 heavy (non-hydrogen) atoms. The van der Waals surface area contributed by atoms with E-state index in [4.69, 9.17) is 10.2 Å². The SMILES string of the molecule is NS(=O)(=O)N1CCNC(O)C1. The molecule has 1 aliphatic heterocycles. The number of hydrogen-bond acceptors (Lipinski definition) is 4. The summed E-state index contributed by atoms with van der Waals surface area (Å²) in [5.74, 6) is 0. The van der Waals surface area contributed by atoms with Crippen LogP contribution in [0.25, 0.3) is 0 Å². The number of piperazine rings is 1. The average Bonchev–Trinajstić information content (AvgIpc) is 1.86. The fourth-order valence-corrected chi connectivity index (χ4v) is 1.63. The quantitative estimate of drug-likeness (QED) is 0.414. The second-order valence-corrected chi connectivity index (χ2v) is 3.92. The highest BCUT2D eigenvalue weighted by Gasteiger charge is 2.24. The molecule has 0 aromatic rings. The van der Waals surface area contributed by atoms with E-state index in [1.165, 1.54) is 0 Å². The Bertz CT molecular complexity index is 227. The second-order valence-electron chi connectivity index (χ2n) is 2.37. The van der Waals surface area contributed by atoms with Crippen LogP contribution >= 0.6 is 0 Å². The molecule has 4 N–H and O–H groups in total. The number of nitrogens with zero attached hydrogens (tertiary/aromatic N) is 1. The Kier molecular flexibility index (Phi) is 2.45. The van der Waals surface area contributed by atoms with Crippen LogP contribution in [0.5, 0.6) is 0 Å². The van der Waals surface area contributed by atoms with Gasteiger partial charge in [-0.15, -0.1) is 0 Å². The third-order valence-corrected chi connectivity index (χ3v) is 2.53. The Morgan fingerprint density at radius 1 is 1.64 bits per heavy atom. The molecule has 1 rings (SSSR count). The maximum Gasteiger partial charge on any atom is 0.277 e. The minimum atomic E-state index is -3.63. The van der Waals surface area contributed by atoms with Crippen molar-refractivity contribution >= 4 is 10.2 Å². The Labute approximate surface area is 65.2 Å². The van der Waals surface area contributed by atoms with Crippen LogP contribution in [-0.2, 0) is 10.2 Å². The van der Waals surface area contributed by atoms with E-state index in [0.29, 0.717) is 13.1 Å². The zero-order valence-electron chi connectivity index (χ0n) is 5.90. The van der Waals surface area contributed by atoms with Crippen LogP contribution in [0.15, 0.2) is 0 Å². The first-order valence-corrected chi connectivity index (χ1v) is 4.70. The zero-order chi connectivity index (χ0) is 8.48. The van der Waals surface area contributed by atoms with Crippen molar-refractivity contribution in [2.45, 2.75) is 6.23 Å². The van der Waals surface area contributed by atoms with Crippen molar-refractivity contribution in [1.29, 1.82) is 0 Å². The monoisotopic (exact) mass is 181 g/mol. The molecule has 1 fully saturated rings. The van der Waals surface area contributed by atoms with Crippen LogP contribution in [0.1, 0.15) is 0 Å². The molecule has 0 saturated carbocycles. The van der Waals surface area contributed by atoms with E-state index < -0.39 is 16.4 Å². The van der Waals surface area contributed by atoms with Gasteiger partial charge in [-0.3, -0.25) is 5.32 Å². The fraction of sp³-hybridized carbons (Fsp3) is 1.00. The Morgan fingerprint density at radius 3 is 2.64 bits per heavy atom. The minimum absolute atomic E-state index is 0.0266. The predicted molar refractivity (Wildman–Crippen MR) is 38.7 cm³/mol. The largest absolute Gasteiger partial charge is 0.377 e. The van der Waals surface area contributed by atoms with Crippen molar-refractivity contribution in [3.63, 3.8) is 0 Å². The molecule has 1 unspecified atom stereocenters. The summed E-state index contributed by atoms with van der Waals surface area (Å²) in [6.45, 7) is 0.770. The maximum absolute atomic E-state index is 10.7. The molecule has 0 spiro atoms. The number of aliphatic hydroxyl groups is 1. The van der Waals surface area contributed by atoms with E-state index >= 15 is 0 Å². The third-order valence-electron chi connectivity index (χ3n) is 1.48. The average molecular weight is 181 g/mol. The normalized spacial score (nSPS) is 28.7.